The maximum atomic E-state index is 10.8. The number of nitrogens with one attached hydrogen (secondary N) is 1. The zero-order chi connectivity index (χ0) is 11.5. The second kappa shape index (κ2) is 4.14. The van der Waals surface area contributed by atoms with Gasteiger partial charge >= 0.3 is 5.97 Å². The smallest absolute Gasteiger partial charge is 0.334 e. The van der Waals surface area contributed by atoms with Crippen LogP contribution in [0, 0.1) is 0 Å². The predicted octanol–water partition coefficient (Wildman–Crippen LogP) is 0.948. The van der Waals surface area contributed by atoms with Crippen molar-refractivity contribution in [1.82, 2.24) is 0 Å². The van der Waals surface area contributed by atoms with Crippen LogP contribution >= 0.6 is 0 Å². The molecule has 1 amide bonds. The normalized spacial score (nSPS) is 14.3. The van der Waals surface area contributed by atoms with E-state index >= 15 is 0 Å². The fraction of sp³-hybridized carbons (Fsp3) is 0.182. The molecular weight excluding hydrogens is 208 g/mol. The Hall–Kier alpha value is -2.17. The zero-order valence-electron chi connectivity index (χ0n) is 8.69. The molecule has 0 fully saturated rings. The van der Waals surface area contributed by atoms with Gasteiger partial charge in [0.15, 0.2) is 0 Å². The molecule has 0 aromatic heterocycles. The van der Waals surface area contributed by atoms with Crippen molar-refractivity contribution in [3.05, 3.63) is 29.8 Å². The predicted molar refractivity (Wildman–Crippen MR) is 58.2 cm³/mol. The Kier molecular flexibility index (Phi) is 2.68. The van der Waals surface area contributed by atoms with Crippen LogP contribution in [0.25, 0.3) is 0 Å². The Morgan fingerprint density at radius 1 is 1.38 bits per heavy atom. The van der Waals surface area contributed by atoms with E-state index in [-0.39, 0.29) is 18.4 Å². The van der Waals surface area contributed by atoms with Gasteiger partial charge in [-0.05, 0) is 24.3 Å². The van der Waals surface area contributed by atoms with Crippen molar-refractivity contribution in [3.8, 4) is 0 Å². The van der Waals surface area contributed by atoms with Crippen molar-refractivity contribution < 1.29 is 14.3 Å². The van der Waals surface area contributed by atoms with E-state index in [2.05, 4.69) is 10.3 Å². The van der Waals surface area contributed by atoms with Crippen LogP contribution in [0.5, 0.6) is 0 Å². The molecule has 82 valence electrons. The molecule has 5 nitrogen and oxygen atoms in total. The third kappa shape index (κ3) is 2.25. The summed E-state index contributed by atoms with van der Waals surface area (Å²) in [5, 5.41) is 2.64. The van der Waals surface area contributed by atoms with Gasteiger partial charge in [-0.2, -0.15) is 0 Å². The van der Waals surface area contributed by atoms with Crippen molar-refractivity contribution >= 4 is 23.5 Å². The lowest BCUT2D eigenvalue weighted by Crippen LogP contribution is -2.07. The fourth-order valence-corrected chi connectivity index (χ4v) is 1.36. The summed E-state index contributed by atoms with van der Waals surface area (Å²) >= 11 is 0. The summed E-state index contributed by atoms with van der Waals surface area (Å²) in [4.78, 5) is 25.6. The van der Waals surface area contributed by atoms with E-state index in [1.54, 1.807) is 24.3 Å². The highest BCUT2D eigenvalue weighted by Crippen LogP contribution is 2.13. The number of cyclic esters (lactones) is 1. The van der Waals surface area contributed by atoms with Crippen molar-refractivity contribution in [1.29, 1.82) is 0 Å². The third-order valence-corrected chi connectivity index (χ3v) is 2.01. The number of hydrogen-bond donors (Lipinski definition) is 1. The number of rotatable bonds is 2. The van der Waals surface area contributed by atoms with Gasteiger partial charge in [-0.3, -0.25) is 4.79 Å². The molecule has 0 spiro atoms. The van der Waals surface area contributed by atoms with Crippen molar-refractivity contribution in [3.63, 3.8) is 0 Å². The van der Waals surface area contributed by atoms with Crippen molar-refractivity contribution in [2.75, 3.05) is 11.9 Å². The minimum atomic E-state index is -0.346. The highest BCUT2D eigenvalue weighted by molar-refractivity contribution is 6.05. The Morgan fingerprint density at radius 2 is 2.06 bits per heavy atom. The number of benzene rings is 1. The summed E-state index contributed by atoms with van der Waals surface area (Å²) in [7, 11) is 0. The summed E-state index contributed by atoms with van der Waals surface area (Å²) in [5.41, 5.74) is 1.42. The van der Waals surface area contributed by atoms with Crippen LogP contribution in [-0.4, -0.2) is 24.3 Å². The minimum absolute atomic E-state index is 0.0722. The summed E-state index contributed by atoms with van der Waals surface area (Å²) in [6.45, 7) is 1.51. The van der Waals surface area contributed by atoms with Crippen LogP contribution in [0.3, 0.4) is 0 Å². The van der Waals surface area contributed by atoms with Crippen molar-refractivity contribution in [2.45, 2.75) is 6.92 Å². The van der Waals surface area contributed by atoms with E-state index in [4.69, 9.17) is 4.74 Å². The van der Waals surface area contributed by atoms with E-state index in [1.807, 2.05) is 0 Å². The number of esters is 1. The molecule has 0 radical (unpaired) electrons. The number of amides is 1. The molecule has 0 saturated carbocycles. The first-order valence-electron chi connectivity index (χ1n) is 4.78. The standard InChI is InChI=1S/C11H10N2O3/c1-7(14)13-9-4-2-8(3-5-9)11-12-6-10(15)16-11/h2-5H,6H2,1H3,(H,13,14). The number of aliphatic imine (C=N–C) groups is 1. The molecule has 1 aliphatic rings. The van der Waals surface area contributed by atoms with E-state index in [0.717, 1.165) is 5.56 Å². The van der Waals surface area contributed by atoms with E-state index < -0.39 is 0 Å². The molecule has 0 atom stereocenters. The van der Waals surface area contributed by atoms with Gasteiger partial charge in [-0.15, -0.1) is 0 Å². The van der Waals surface area contributed by atoms with Crippen LogP contribution < -0.4 is 5.32 Å². The second-order valence-corrected chi connectivity index (χ2v) is 3.35. The summed E-state index contributed by atoms with van der Waals surface area (Å²) in [6, 6.07) is 6.93. The lowest BCUT2D eigenvalue weighted by atomic mass is 10.2. The number of anilines is 1. The van der Waals surface area contributed by atoms with E-state index in [9.17, 15) is 9.59 Å². The number of nitrogens with zero attached hydrogens (tertiary/aromatic N) is 1. The molecule has 1 heterocycles. The Balaban J connectivity index is 2.13. The first kappa shape index (κ1) is 10.4. The van der Waals surface area contributed by atoms with Crippen LogP contribution in [0.1, 0.15) is 12.5 Å². The maximum absolute atomic E-state index is 10.8. The topological polar surface area (TPSA) is 67.8 Å². The quantitative estimate of drug-likeness (QED) is 0.751. The average molecular weight is 218 g/mol. The highest BCUT2D eigenvalue weighted by Gasteiger charge is 2.17. The van der Waals surface area contributed by atoms with Crippen molar-refractivity contribution in [2.24, 2.45) is 4.99 Å². The van der Waals surface area contributed by atoms with Crippen LogP contribution in [-0.2, 0) is 14.3 Å². The molecule has 1 N–H and O–H groups in total. The van der Waals surface area contributed by atoms with Gasteiger partial charge in [0, 0.05) is 18.2 Å². The molecule has 0 unspecified atom stereocenters. The summed E-state index contributed by atoms with van der Waals surface area (Å²) < 4.78 is 4.89. The van der Waals surface area contributed by atoms with E-state index in [1.165, 1.54) is 6.92 Å². The van der Waals surface area contributed by atoms with E-state index in [0.29, 0.717) is 11.6 Å². The van der Waals surface area contributed by atoms with Gasteiger partial charge < -0.3 is 10.1 Å². The first-order chi connectivity index (χ1) is 7.65. The fourth-order valence-electron chi connectivity index (χ4n) is 1.36. The molecule has 0 bridgehead atoms. The Labute approximate surface area is 92.1 Å². The second-order valence-electron chi connectivity index (χ2n) is 3.35. The van der Waals surface area contributed by atoms with Crippen LogP contribution in [0.4, 0.5) is 5.69 Å². The largest absolute Gasteiger partial charge is 0.406 e. The lowest BCUT2D eigenvalue weighted by molar-refractivity contribution is -0.132. The molecule has 1 aromatic carbocycles. The zero-order valence-corrected chi connectivity index (χ0v) is 8.69. The van der Waals surface area contributed by atoms with Gasteiger partial charge in [0.1, 0.15) is 6.54 Å². The molecule has 1 aliphatic heterocycles. The number of hydrogen-bond acceptors (Lipinski definition) is 4. The van der Waals surface area contributed by atoms with Crippen LogP contribution in [0.15, 0.2) is 29.3 Å². The molecule has 0 saturated heterocycles. The highest BCUT2D eigenvalue weighted by atomic mass is 16.6. The van der Waals surface area contributed by atoms with Gasteiger partial charge in [0.2, 0.25) is 11.8 Å². The Bertz CT molecular complexity index is 463. The lowest BCUT2D eigenvalue weighted by Gasteiger charge is -2.03. The molecule has 16 heavy (non-hydrogen) atoms. The average Bonchev–Trinajstić information content (AvgIpc) is 2.65. The van der Waals surface area contributed by atoms with Gasteiger partial charge in [-0.1, -0.05) is 0 Å². The molecule has 0 aliphatic carbocycles. The summed E-state index contributed by atoms with van der Waals surface area (Å²) in [6.07, 6.45) is 0. The molecule has 5 heteroatoms. The monoisotopic (exact) mass is 218 g/mol. The number of ether oxygens (including phenoxy) is 1. The maximum Gasteiger partial charge on any atom is 0.334 e. The third-order valence-electron chi connectivity index (χ3n) is 2.01. The molecule has 2 rings (SSSR count). The first-order valence-corrected chi connectivity index (χ1v) is 4.78. The van der Waals surface area contributed by atoms with Crippen LogP contribution in [0.2, 0.25) is 0 Å². The van der Waals surface area contributed by atoms with Gasteiger partial charge in [0.25, 0.3) is 0 Å². The summed E-state index contributed by atoms with van der Waals surface area (Å²) in [5.74, 6) is -0.141. The SMILES string of the molecule is CC(=O)Nc1ccc(C2=NCC(=O)O2)cc1. The molecule has 1 aromatic rings. The van der Waals surface area contributed by atoms with Gasteiger partial charge in [-0.25, -0.2) is 9.79 Å². The number of carbonyl (C=O) groups is 2. The molecular formula is C11H10N2O3. The Morgan fingerprint density at radius 3 is 2.56 bits per heavy atom. The number of carbonyl (C=O) groups excluding carboxylic acids is 2. The van der Waals surface area contributed by atoms with Gasteiger partial charge in [0.05, 0.1) is 0 Å². The minimum Gasteiger partial charge on any atom is -0.406 e.